The monoisotopic (exact) mass is 247 g/mol. The van der Waals surface area contributed by atoms with Gasteiger partial charge in [0.25, 0.3) is 0 Å². The van der Waals surface area contributed by atoms with E-state index in [0.29, 0.717) is 17.5 Å². The Balaban J connectivity index is 4.61. The minimum absolute atomic E-state index is 0.117. The van der Waals surface area contributed by atoms with Gasteiger partial charge in [-0.25, -0.2) is 4.79 Å². The molecule has 0 aliphatic carbocycles. The third-order valence-corrected chi connectivity index (χ3v) is 3.44. The lowest BCUT2D eigenvalue weighted by molar-refractivity contribution is -0.155. The first kappa shape index (κ1) is 15.3. The summed E-state index contributed by atoms with van der Waals surface area (Å²) in [5.41, 5.74) is -1.14. The number of amides is 1. The number of carbonyl (C=O) groups excluding carboxylic acids is 1. The van der Waals surface area contributed by atoms with Crippen LogP contribution >= 0.6 is 11.8 Å². The minimum Gasteiger partial charge on any atom is -0.480 e. The summed E-state index contributed by atoms with van der Waals surface area (Å²) in [6.07, 6.45) is 0. The fraction of sp³-hybridized carbons (Fsp3) is 0.818. The molecule has 0 aromatic carbocycles. The molecule has 0 aromatic heterocycles. The average molecular weight is 247 g/mol. The molecule has 0 bridgehead atoms. The molecule has 0 atom stereocenters. The molecule has 16 heavy (non-hydrogen) atoms. The molecule has 0 radical (unpaired) electrons. The van der Waals surface area contributed by atoms with Gasteiger partial charge >= 0.3 is 5.97 Å². The van der Waals surface area contributed by atoms with Gasteiger partial charge in [0.1, 0.15) is 5.54 Å². The Hall–Kier alpha value is -0.710. The first-order chi connectivity index (χ1) is 7.23. The fourth-order valence-electron chi connectivity index (χ4n) is 1.31. The van der Waals surface area contributed by atoms with Gasteiger partial charge in [-0.1, -0.05) is 13.8 Å². The van der Waals surface area contributed by atoms with Gasteiger partial charge < -0.3 is 10.0 Å². The molecular formula is C11H21NO3S. The van der Waals surface area contributed by atoms with E-state index in [0.717, 1.165) is 0 Å². The molecule has 0 fully saturated rings. The van der Waals surface area contributed by atoms with Gasteiger partial charge in [-0.15, -0.1) is 11.8 Å². The van der Waals surface area contributed by atoms with Crippen molar-refractivity contribution in [2.75, 3.05) is 12.3 Å². The van der Waals surface area contributed by atoms with Crippen LogP contribution in [0.25, 0.3) is 0 Å². The Kier molecular flexibility index (Phi) is 5.86. The zero-order chi connectivity index (χ0) is 12.9. The molecule has 0 aromatic rings. The van der Waals surface area contributed by atoms with E-state index in [9.17, 15) is 9.59 Å². The van der Waals surface area contributed by atoms with Crippen molar-refractivity contribution in [2.24, 2.45) is 0 Å². The van der Waals surface area contributed by atoms with E-state index in [4.69, 9.17) is 5.11 Å². The summed E-state index contributed by atoms with van der Waals surface area (Å²) in [6.45, 7) is 9.33. The van der Waals surface area contributed by atoms with Gasteiger partial charge in [-0.3, -0.25) is 4.79 Å². The number of hydrogen-bond donors (Lipinski definition) is 1. The quantitative estimate of drug-likeness (QED) is 0.778. The van der Waals surface area contributed by atoms with Crippen molar-refractivity contribution < 1.29 is 14.7 Å². The molecule has 0 saturated heterocycles. The second-order valence-electron chi connectivity index (χ2n) is 4.36. The number of carbonyl (C=O) groups is 2. The molecule has 1 amide bonds. The molecule has 0 aliphatic rings. The van der Waals surface area contributed by atoms with Gasteiger partial charge in [0, 0.05) is 6.54 Å². The number of nitrogens with zero attached hydrogens (tertiary/aromatic N) is 1. The summed E-state index contributed by atoms with van der Waals surface area (Å²) < 4.78 is 0. The number of carboxylic acids is 1. The molecule has 0 spiro atoms. The number of likely N-dealkylation sites (N-methyl/N-ethyl adjacent to an activating group) is 1. The molecule has 94 valence electrons. The van der Waals surface area contributed by atoms with Crippen molar-refractivity contribution in [3.8, 4) is 0 Å². The maximum atomic E-state index is 11.9. The Morgan fingerprint density at radius 2 is 1.88 bits per heavy atom. The normalized spacial score (nSPS) is 11.6. The van der Waals surface area contributed by atoms with Crippen LogP contribution in [-0.4, -0.2) is 45.0 Å². The number of aliphatic carboxylic acids is 1. The largest absolute Gasteiger partial charge is 0.480 e. The van der Waals surface area contributed by atoms with Crippen LogP contribution in [0.15, 0.2) is 0 Å². The van der Waals surface area contributed by atoms with E-state index in [1.807, 2.05) is 13.8 Å². The number of thioether (sulfide) groups is 1. The molecular weight excluding hydrogens is 226 g/mol. The number of hydrogen-bond acceptors (Lipinski definition) is 3. The summed E-state index contributed by atoms with van der Waals surface area (Å²) in [6, 6.07) is 0. The summed E-state index contributed by atoms with van der Waals surface area (Å²) in [7, 11) is 0. The van der Waals surface area contributed by atoms with Gasteiger partial charge in [0.2, 0.25) is 5.91 Å². The van der Waals surface area contributed by atoms with E-state index in [1.54, 1.807) is 20.8 Å². The standard InChI is InChI=1S/C11H21NO3S/c1-6-12(11(4,5)10(14)15)9(13)7-16-8(2)3/h8H,6-7H2,1-5H3,(H,14,15). The Morgan fingerprint density at radius 3 is 2.19 bits per heavy atom. The maximum absolute atomic E-state index is 11.9. The second-order valence-corrected chi connectivity index (χ2v) is 5.93. The summed E-state index contributed by atoms with van der Waals surface area (Å²) >= 11 is 1.53. The third kappa shape index (κ3) is 4.04. The molecule has 0 rings (SSSR count). The lowest BCUT2D eigenvalue weighted by Crippen LogP contribution is -2.53. The Morgan fingerprint density at radius 1 is 1.38 bits per heavy atom. The van der Waals surface area contributed by atoms with Crippen LogP contribution in [-0.2, 0) is 9.59 Å². The van der Waals surface area contributed by atoms with Crippen LogP contribution < -0.4 is 0 Å². The van der Waals surface area contributed by atoms with Crippen LogP contribution in [0.5, 0.6) is 0 Å². The number of carboxylic acid groups (broad SMARTS) is 1. The second kappa shape index (κ2) is 6.13. The predicted octanol–water partition coefficient (Wildman–Crippen LogP) is 1.84. The highest BCUT2D eigenvalue weighted by Gasteiger charge is 2.36. The summed E-state index contributed by atoms with van der Waals surface area (Å²) in [5, 5.41) is 9.44. The fourth-order valence-corrected chi connectivity index (χ4v) is 1.95. The summed E-state index contributed by atoms with van der Waals surface area (Å²) in [4.78, 5) is 24.3. The van der Waals surface area contributed by atoms with Crippen molar-refractivity contribution >= 4 is 23.6 Å². The highest BCUT2D eigenvalue weighted by Crippen LogP contribution is 2.18. The molecule has 0 unspecified atom stereocenters. The van der Waals surface area contributed by atoms with Crippen molar-refractivity contribution in [2.45, 2.75) is 45.4 Å². The van der Waals surface area contributed by atoms with Gasteiger partial charge in [0.15, 0.2) is 0 Å². The predicted molar refractivity (Wildman–Crippen MR) is 66.7 cm³/mol. The van der Waals surface area contributed by atoms with E-state index >= 15 is 0 Å². The molecule has 1 N–H and O–H groups in total. The van der Waals surface area contributed by atoms with Gasteiger partial charge in [0.05, 0.1) is 5.75 Å². The number of rotatable bonds is 6. The zero-order valence-corrected chi connectivity index (χ0v) is 11.4. The topological polar surface area (TPSA) is 57.6 Å². The first-order valence-electron chi connectivity index (χ1n) is 5.39. The minimum atomic E-state index is -1.14. The van der Waals surface area contributed by atoms with Crippen LogP contribution in [0.2, 0.25) is 0 Å². The van der Waals surface area contributed by atoms with Gasteiger partial charge in [-0.05, 0) is 26.0 Å². The highest BCUT2D eigenvalue weighted by atomic mass is 32.2. The highest BCUT2D eigenvalue weighted by molar-refractivity contribution is 8.00. The van der Waals surface area contributed by atoms with E-state index in [-0.39, 0.29) is 5.91 Å². The van der Waals surface area contributed by atoms with Crippen LogP contribution in [0.4, 0.5) is 0 Å². The third-order valence-electron chi connectivity index (χ3n) is 2.36. The van der Waals surface area contributed by atoms with Gasteiger partial charge in [-0.2, -0.15) is 0 Å². The lowest BCUT2D eigenvalue weighted by atomic mass is 10.0. The summed E-state index contributed by atoms with van der Waals surface area (Å²) in [5.74, 6) is -0.756. The van der Waals surface area contributed by atoms with Crippen LogP contribution in [0, 0.1) is 0 Å². The van der Waals surface area contributed by atoms with Crippen molar-refractivity contribution in [3.63, 3.8) is 0 Å². The van der Waals surface area contributed by atoms with Crippen molar-refractivity contribution in [1.82, 2.24) is 4.90 Å². The van der Waals surface area contributed by atoms with Crippen molar-refractivity contribution in [3.05, 3.63) is 0 Å². The molecule has 0 aliphatic heterocycles. The first-order valence-corrected chi connectivity index (χ1v) is 6.43. The van der Waals surface area contributed by atoms with Crippen LogP contribution in [0.3, 0.4) is 0 Å². The molecule has 5 heteroatoms. The van der Waals surface area contributed by atoms with Crippen LogP contribution in [0.1, 0.15) is 34.6 Å². The van der Waals surface area contributed by atoms with Crippen molar-refractivity contribution in [1.29, 1.82) is 0 Å². The molecule has 0 heterocycles. The van der Waals surface area contributed by atoms with E-state index in [2.05, 4.69) is 0 Å². The average Bonchev–Trinajstić information content (AvgIpc) is 2.15. The lowest BCUT2D eigenvalue weighted by Gasteiger charge is -2.34. The Labute approximate surface area is 101 Å². The zero-order valence-electron chi connectivity index (χ0n) is 10.6. The van der Waals surface area contributed by atoms with E-state index in [1.165, 1.54) is 16.7 Å². The maximum Gasteiger partial charge on any atom is 0.329 e. The molecule has 4 nitrogen and oxygen atoms in total. The Bertz CT molecular complexity index is 264. The SMILES string of the molecule is CCN(C(=O)CSC(C)C)C(C)(C)C(=O)O. The van der Waals surface area contributed by atoms with E-state index < -0.39 is 11.5 Å². The molecule has 0 saturated carbocycles. The smallest absolute Gasteiger partial charge is 0.329 e.